The van der Waals surface area contributed by atoms with Crippen LogP contribution in [0.25, 0.3) is 0 Å². The molecule has 2 N–H and O–H groups in total. The number of ether oxygens (including phenoxy) is 1. The van der Waals surface area contributed by atoms with Crippen LogP contribution in [0.2, 0.25) is 0 Å². The zero-order chi connectivity index (χ0) is 12.3. The first-order valence-corrected chi connectivity index (χ1v) is 6.47. The van der Waals surface area contributed by atoms with E-state index >= 15 is 0 Å². The van der Waals surface area contributed by atoms with Crippen LogP contribution < -0.4 is 10.5 Å². The van der Waals surface area contributed by atoms with Crippen molar-refractivity contribution in [2.45, 2.75) is 26.5 Å². The number of thiazole rings is 1. The van der Waals surface area contributed by atoms with Gasteiger partial charge in [-0.1, -0.05) is 17.7 Å². The van der Waals surface area contributed by atoms with E-state index in [2.05, 4.69) is 18.0 Å². The maximum Gasteiger partial charge on any atom is 0.131 e. The molecule has 1 heterocycles. The molecule has 2 rings (SSSR count). The fourth-order valence-electron chi connectivity index (χ4n) is 1.62. The van der Waals surface area contributed by atoms with Crippen molar-refractivity contribution in [3.05, 3.63) is 45.9 Å². The van der Waals surface area contributed by atoms with E-state index in [9.17, 15) is 0 Å². The molecule has 0 aliphatic rings. The molecule has 3 nitrogen and oxygen atoms in total. The number of aryl methyl sites for hydroxylation is 1. The van der Waals surface area contributed by atoms with Crippen molar-refractivity contribution < 1.29 is 4.74 Å². The van der Waals surface area contributed by atoms with E-state index in [0.717, 1.165) is 17.0 Å². The van der Waals surface area contributed by atoms with Crippen LogP contribution in [-0.4, -0.2) is 4.98 Å². The summed E-state index contributed by atoms with van der Waals surface area (Å²) in [4.78, 5) is 4.19. The molecule has 17 heavy (non-hydrogen) atoms. The van der Waals surface area contributed by atoms with E-state index in [1.165, 1.54) is 5.56 Å². The molecule has 0 spiro atoms. The van der Waals surface area contributed by atoms with Gasteiger partial charge in [-0.05, 0) is 19.9 Å². The zero-order valence-corrected chi connectivity index (χ0v) is 10.8. The molecule has 0 amide bonds. The minimum atomic E-state index is -0.0275. The van der Waals surface area contributed by atoms with Crippen molar-refractivity contribution in [3.63, 3.8) is 0 Å². The molecule has 1 unspecified atom stereocenters. The van der Waals surface area contributed by atoms with Gasteiger partial charge in [0.25, 0.3) is 0 Å². The molecule has 1 aromatic heterocycles. The van der Waals surface area contributed by atoms with Gasteiger partial charge in [-0.15, -0.1) is 11.3 Å². The van der Waals surface area contributed by atoms with Gasteiger partial charge in [0.15, 0.2) is 0 Å². The van der Waals surface area contributed by atoms with Crippen LogP contribution in [0.4, 0.5) is 0 Å². The standard InChI is InChI=1S/C13H16N2OS/c1-9-3-4-13(12(5-9)10(2)14)16-6-11-7-17-8-15-11/h3-5,7-8,10H,6,14H2,1-2H3. The third-order valence-electron chi connectivity index (χ3n) is 2.51. The molecule has 4 heteroatoms. The lowest BCUT2D eigenvalue weighted by atomic mass is 10.1. The highest BCUT2D eigenvalue weighted by Crippen LogP contribution is 2.25. The van der Waals surface area contributed by atoms with Crippen LogP contribution in [0.3, 0.4) is 0 Å². The molecule has 2 aromatic rings. The second-order valence-electron chi connectivity index (χ2n) is 4.10. The van der Waals surface area contributed by atoms with E-state index in [4.69, 9.17) is 10.5 Å². The number of hydrogen-bond donors (Lipinski definition) is 1. The zero-order valence-electron chi connectivity index (χ0n) is 10.0. The van der Waals surface area contributed by atoms with Gasteiger partial charge in [-0.2, -0.15) is 0 Å². The lowest BCUT2D eigenvalue weighted by Gasteiger charge is -2.14. The molecule has 0 saturated carbocycles. The Morgan fingerprint density at radius 3 is 2.94 bits per heavy atom. The van der Waals surface area contributed by atoms with Gasteiger partial charge >= 0.3 is 0 Å². The topological polar surface area (TPSA) is 48.1 Å². The maximum atomic E-state index is 5.94. The minimum Gasteiger partial charge on any atom is -0.487 e. The fourth-order valence-corrected chi connectivity index (χ4v) is 2.16. The van der Waals surface area contributed by atoms with Crippen molar-refractivity contribution in [2.24, 2.45) is 5.73 Å². The van der Waals surface area contributed by atoms with Crippen molar-refractivity contribution in [1.29, 1.82) is 0 Å². The Bertz CT molecular complexity index is 480. The van der Waals surface area contributed by atoms with Gasteiger partial charge < -0.3 is 10.5 Å². The molecule has 0 aliphatic carbocycles. The van der Waals surface area contributed by atoms with Gasteiger partial charge in [-0.25, -0.2) is 4.98 Å². The van der Waals surface area contributed by atoms with Gasteiger partial charge in [-0.3, -0.25) is 0 Å². The average Bonchev–Trinajstić information content (AvgIpc) is 2.80. The Morgan fingerprint density at radius 2 is 2.29 bits per heavy atom. The summed E-state index contributed by atoms with van der Waals surface area (Å²) in [5.74, 6) is 0.846. The Kier molecular flexibility index (Phi) is 3.76. The normalized spacial score (nSPS) is 12.4. The monoisotopic (exact) mass is 248 g/mol. The maximum absolute atomic E-state index is 5.94. The first-order valence-electron chi connectivity index (χ1n) is 5.53. The van der Waals surface area contributed by atoms with Gasteiger partial charge in [0.2, 0.25) is 0 Å². The number of rotatable bonds is 4. The highest BCUT2D eigenvalue weighted by molar-refractivity contribution is 7.07. The second kappa shape index (κ2) is 5.29. The summed E-state index contributed by atoms with van der Waals surface area (Å²) in [5, 5.41) is 1.99. The van der Waals surface area contributed by atoms with Gasteiger partial charge in [0, 0.05) is 17.0 Å². The summed E-state index contributed by atoms with van der Waals surface area (Å²) < 4.78 is 5.76. The third kappa shape index (κ3) is 3.05. The predicted octanol–water partition coefficient (Wildman–Crippen LogP) is 3.05. The number of hydrogen-bond acceptors (Lipinski definition) is 4. The Balaban J connectivity index is 2.14. The molecule has 0 radical (unpaired) electrons. The van der Waals surface area contributed by atoms with Crippen LogP contribution >= 0.6 is 11.3 Å². The van der Waals surface area contributed by atoms with Gasteiger partial charge in [0.1, 0.15) is 12.4 Å². The second-order valence-corrected chi connectivity index (χ2v) is 4.82. The Morgan fingerprint density at radius 1 is 1.47 bits per heavy atom. The van der Waals surface area contributed by atoms with Crippen LogP contribution in [0, 0.1) is 6.92 Å². The van der Waals surface area contributed by atoms with E-state index in [-0.39, 0.29) is 6.04 Å². The lowest BCUT2D eigenvalue weighted by Crippen LogP contribution is -2.08. The number of nitrogens with two attached hydrogens (primary N) is 1. The molecule has 0 aliphatic heterocycles. The summed E-state index contributed by atoms with van der Waals surface area (Å²) in [7, 11) is 0. The molecular formula is C13H16N2OS. The molecular weight excluding hydrogens is 232 g/mol. The molecule has 1 atom stereocenters. The predicted molar refractivity (Wildman–Crippen MR) is 70.2 cm³/mol. The van der Waals surface area contributed by atoms with E-state index < -0.39 is 0 Å². The summed E-state index contributed by atoms with van der Waals surface area (Å²) in [6, 6.07) is 6.05. The lowest BCUT2D eigenvalue weighted by molar-refractivity contribution is 0.297. The van der Waals surface area contributed by atoms with E-state index in [0.29, 0.717) is 6.61 Å². The van der Waals surface area contributed by atoms with Crippen molar-refractivity contribution in [2.75, 3.05) is 0 Å². The summed E-state index contributed by atoms with van der Waals surface area (Å²) in [5.41, 5.74) is 10.9. The summed E-state index contributed by atoms with van der Waals surface area (Å²) in [6.45, 7) is 4.51. The minimum absolute atomic E-state index is 0.0275. The largest absolute Gasteiger partial charge is 0.487 e. The SMILES string of the molecule is Cc1ccc(OCc2cscn2)c(C(C)N)c1. The van der Waals surface area contributed by atoms with Crippen molar-refractivity contribution in [3.8, 4) is 5.75 Å². The van der Waals surface area contributed by atoms with E-state index in [1.807, 2.05) is 24.4 Å². The third-order valence-corrected chi connectivity index (χ3v) is 3.15. The molecule has 0 fully saturated rings. The Labute approximate surface area is 105 Å². The molecule has 90 valence electrons. The molecule has 0 saturated heterocycles. The molecule has 1 aromatic carbocycles. The molecule has 0 bridgehead atoms. The summed E-state index contributed by atoms with van der Waals surface area (Å²) >= 11 is 1.57. The van der Waals surface area contributed by atoms with Crippen molar-refractivity contribution in [1.82, 2.24) is 4.98 Å². The Hall–Kier alpha value is -1.39. The fraction of sp³-hybridized carbons (Fsp3) is 0.308. The number of nitrogens with zero attached hydrogens (tertiary/aromatic N) is 1. The highest BCUT2D eigenvalue weighted by atomic mass is 32.1. The smallest absolute Gasteiger partial charge is 0.131 e. The number of aromatic nitrogens is 1. The van der Waals surface area contributed by atoms with Crippen LogP contribution in [-0.2, 0) is 6.61 Å². The van der Waals surface area contributed by atoms with Crippen molar-refractivity contribution >= 4 is 11.3 Å². The van der Waals surface area contributed by atoms with Crippen LogP contribution in [0.5, 0.6) is 5.75 Å². The summed E-state index contributed by atoms with van der Waals surface area (Å²) in [6.07, 6.45) is 0. The van der Waals surface area contributed by atoms with Gasteiger partial charge in [0.05, 0.1) is 11.2 Å². The van der Waals surface area contributed by atoms with Crippen LogP contribution in [0.15, 0.2) is 29.1 Å². The van der Waals surface area contributed by atoms with Crippen LogP contribution in [0.1, 0.15) is 29.8 Å². The highest BCUT2D eigenvalue weighted by Gasteiger charge is 2.08. The first kappa shape index (κ1) is 12.1. The van der Waals surface area contributed by atoms with E-state index in [1.54, 1.807) is 16.8 Å². The average molecular weight is 248 g/mol. The first-order chi connectivity index (χ1) is 8.16. The quantitative estimate of drug-likeness (QED) is 0.904. The number of benzene rings is 1.